The molecule has 0 aliphatic carbocycles. The highest BCUT2D eigenvalue weighted by atomic mass is 16.1. The topological polar surface area (TPSA) is 40.9 Å². The molecule has 0 radical (unpaired) electrons. The highest BCUT2D eigenvalue weighted by molar-refractivity contribution is 5.65. The fourth-order valence-corrected chi connectivity index (χ4v) is 0.879. The Labute approximate surface area is 82.5 Å². The Kier molecular flexibility index (Phi) is 3.73. The van der Waals surface area contributed by atoms with Crippen LogP contribution in [0.15, 0.2) is 36.4 Å². The van der Waals surface area contributed by atoms with Gasteiger partial charge in [-0.25, -0.2) is 0 Å². The number of hydrogen-bond acceptors (Lipinski definition) is 2. The lowest BCUT2D eigenvalue weighted by molar-refractivity contribution is -0.104. The molecule has 2 nitrogen and oxygen atoms in total. The van der Waals surface area contributed by atoms with Gasteiger partial charge in [-0.05, 0) is 30.4 Å². The summed E-state index contributed by atoms with van der Waals surface area (Å²) >= 11 is 0. The van der Waals surface area contributed by atoms with Crippen molar-refractivity contribution in [3.63, 3.8) is 0 Å². The predicted molar refractivity (Wildman–Crippen MR) is 53.2 cm³/mol. The fourth-order valence-electron chi connectivity index (χ4n) is 0.879. The maximum atomic E-state index is 9.92. The van der Waals surface area contributed by atoms with E-state index in [0.29, 0.717) is 11.8 Å². The van der Waals surface area contributed by atoms with Crippen LogP contribution in [0.1, 0.15) is 11.1 Å². The van der Waals surface area contributed by atoms with Crippen molar-refractivity contribution in [2.24, 2.45) is 0 Å². The highest BCUT2D eigenvalue weighted by Gasteiger charge is 1.89. The maximum Gasteiger partial charge on any atom is 0.143 e. The predicted octanol–water partition coefficient (Wildman–Crippen LogP) is 1.66. The van der Waals surface area contributed by atoms with E-state index in [9.17, 15) is 4.79 Å². The summed E-state index contributed by atoms with van der Waals surface area (Å²) in [5.41, 5.74) is 1.34. The molecule has 1 rings (SSSR count). The standard InChI is InChI=1S/C12H7NO/c13-10-12-7-4-6-11(9-12)5-2-1-3-8-14/h1,3-4,6-9H/b3-1-. The van der Waals surface area contributed by atoms with Gasteiger partial charge in [0, 0.05) is 5.56 Å². The summed E-state index contributed by atoms with van der Waals surface area (Å²) in [6.07, 6.45) is 3.45. The third kappa shape index (κ3) is 2.97. The monoisotopic (exact) mass is 181 g/mol. The Balaban J connectivity index is 2.85. The summed E-state index contributed by atoms with van der Waals surface area (Å²) in [6.45, 7) is 0. The number of carbonyl (C=O) groups is 1. The molecule has 0 bridgehead atoms. The first-order chi connectivity index (χ1) is 6.86. The minimum Gasteiger partial charge on any atom is -0.299 e. The van der Waals surface area contributed by atoms with Crippen molar-refractivity contribution in [3.8, 4) is 17.9 Å². The average Bonchev–Trinajstić information content (AvgIpc) is 2.25. The zero-order valence-electron chi connectivity index (χ0n) is 7.40. The van der Waals surface area contributed by atoms with Gasteiger partial charge in [-0.15, -0.1) is 0 Å². The molecule has 0 atom stereocenters. The third-order valence-electron chi connectivity index (χ3n) is 1.47. The van der Waals surface area contributed by atoms with Gasteiger partial charge < -0.3 is 0 Å². The lowest BCUT2D eigenvalue weighted by Gasteiger charge is -1.89. The Morgan fingerprint density at radius 3 is 2.79 bits per heavy atom. The van der Waals surface area contributed by atoms with Crippen LogP contribution in [-0.2, 0) is 4.79 Å². The second-order valence-corrected chi connectivity index (χ2v) is 2.46. The van der Waals surface area contributed by atoms with Gasteiger partial charge >= 0.3 is 0 Å². The van der Waals surface area contributed by atoms with E-state index in [1.54, 1.807) is 18.2 Å². The minimum atomic E-state index is 0.580. The number of aldehydes is 1. The van der Waals surface area contributed by atoms with E-state index in [1.165, 1.54) is 12.2 Å². The zero-order chi connectivity index (χ0) is 10.2. The van der Waals surface area contributed by atoms with Crippen molar-refractivity contribution in [2.45, 2.75) is 0 Å². The van der Waals surface area contributed by atoms with E-state index in [2.05, 4.69) is 11.8 Å². The largest absolute Gasteiger partial charge is 0.299 e. The van der Waals surface area contributed by atoms with Crippen LogP contribution in [0.4, 0.5) is 0 Å². The lowest BCUT2D eigenvalue weighted by Crippen LogP contribution is -1.76. The second-order valence-electron chi connectivity index (χ2n) is 2.46. The number of hydrogen-bond donors (Lipinski definition) is 0. The van der Waals surface area contributed by atoms with Crippen molar-refractivity contribution >= 4 is 6.29 Å². The zero-order valence-corrected chi connectivity index (χ0v) is 7.40. The number of carbonyl (C=O) groups excluding carboxylic acids is 1. The Morgan fingerprint density at radius 2 is 2.07 bits per heavy atom. The van der Waals surface area contributed by atoms with Gasteiger partial charge in [0.2, 0.25) is 0 Å². The van der Waals surface area contributed by atoms with E-state index in [0.717, 1.165) is 5.56 Å². The summed E-state index contributed by atoms with van der Waals surface area (Å²) in [7, 11) is 0. The molecule has 1 aromatic rings. The van der Waals surface area contributed by atoms with Gasteiger partial charge in [0.1, 0.15) is 6.29 Å². The van der Waals surface area contributed by atoms with Gasteiger partial charge in [-0.1, -0.05) is 17.9 Å². The van der Waals surface area contributed by atoms with Crippen molar-refractivity contribution in [1.29, 1.82) is 5.26 Å². The molecule has 0 saturated carbocycles. The Bertz CT molecular complexity index is 455. The molecule has 0 N–H and O–H groups in total. The van der Waals surface area contributed by atoms with Gasteiger partial charge in [0.25, 0.3) is 0 Å². The molecule has 0 amide bonds. The fraction of sp³-hybridized carbons (Fsp3) is 0. The van der Waals surface area contributed by atoms with Gasteiger partial charge in [-0.2, -0.15) is 5.26 Å². The van der Waals surface area contributed by atoms with Crippen LogP contribution in [0.2, 0.25) is 0 Å². The average molecular weight is 181 g/mol. The van der Waals surface area contributed by atoms with Crippen molar-refractivity contribution in [2.75, 3.05) is 0 Å². The van der Waals surface area contributed by atoms with E-state index in [4.69, 9.17) is 5.26 Å². The molecule has 0 aromatic heterocycles. The summed E-state index contributed by atoms with van der Waals surface area (Å²) in [4.78, 5) is 9.92. The normalized spacial score (nSPS) is 8.79. The summed E-state index contributed by atoms with van der Waals surface area (Å²) in [5.74, 6) is 5.49. The van der Waals surface area contributed by atoms with Crippen LogP contribution in [0, 0.1) is 23.2 Å². The number of rotatable bonds is 1. The number of nitrogens with zero attached hydrogens (tertiary/aromatic N) is 1. The number of nitriles is 1. The molecule has 0 saturated heterocycles. The Morgan fingerprint density at radius 1 is 1.29 bits per heavy atom. The van der Waals surface area contributed by atoms with Crippen molar-refractivity contribution in [3.05, 3.63) is 47.5 Å². The molecule has 0 unspecified atom stereocenters. The first kappa shape index (κ1) is 9.77. The van der Waals surface area contributed by atoms with Crippen LogP contribution in [0.5, 0.6) is 0 Å². The van der Waals surface area contributed by atoms with E-state index in [-0.39, 0.29) is 0 Å². The molecule has 0 aliphatic heterocycles. The molecule has 0 spiro atoms. The van der Waals surface area contributed by atoms with E-state index in [1.807, 2.05) is 12.1 Å². The first-order valence-electron chi connectivity index (χ1n) is 3.99. The number of benzene rings is 1. The smallest absolute Gasteiger partial charge is 0.143 e. The summed E-state index contributed by atoms with van der Waals surface area (Å²) < 4.78 is 0. The van der Waals surface area contributed by atoms with Gasteiger partial charge in [-0.3, -0.25) is 4.79 Å². The molecule has 0 fully saturated rings. The molecule has 66 valence electrons. The summed E-state index contributed by atoms with van der Waals surface area (Å²) in [5, 5.41) is 8.61. The van der Waals surface area contributed by atoms with Gasteiger partial charge in [0.05, 0.1) is 11.6 Å². The molecular formula is C12H7NO. The summed E-state index contributed by atoms with van der Waals surface area (Å²) in [6, 6.07) is 9.02. The maximum absolute atomic E-state index is 9.92. The van der Waals surface area contributed by atoms with Crippen LogP contribution in [0.25, 0.3) is 0 Å². The molecular weight excluding hydrogens is 174 g/mol. The molecule has 14 heavy (non-hydrogen) atoms. The van der Waals surface area contributed by atoms with Crippen molar-refractivity contribution < 1.29 is 4.79 Å². The van der Waals surface area contributed by atoms with E-state index >= 15 is 0 Å². The molecule has 0 heterocycles. The Hall–Kier alpha value is -2.32. The van der Waals surface area contributed by atoms with Crippen LogP contribution >= 0.6 is 0 Å². The lowest BCUT2D eigenvalue weighted by atomic mass is 10.1. The van der Waals surface area contributed by atoms with Crippen molar-refractivity contribution in [1.82, 2.24) is 0 Å². The van der Waals surface area contributed by atoms with Crippen LogP contribution in [-0.4, -0.2) is 6.29 Å². The van der Waals surface area contributed by atoms with Gasteiger partial charge in [0.15, 0.2) is 0 Å². The molecule has 2 heteroatoms. The second kappa shape index (κ2) is 5.35. The van der Waals surface area contributed by atoms with E-state index < -0.39 is 0 Å². The minimum absolute atomic E-state index is 0.580. The van der Waals surface area contributed by atoms with Crippen LogP contribution < -0.4 is 0 Å². The number of allylic oxidation sites excluding steroid dienone is 2. The highest BCUT2D eigenvalue weighted by Crippen LogP contribution is 2.01. The molecule has 1 aromatic carbocycles. The SMILES string of the molecule is N#Cc1cccc(C#C/C=C\C=O)c1. The molecule has 0 aliphatic rings. The third-order valence-corrected chi connectivity index (χ3v) is 1.47. The van der Waals surface area contributed by atoms with Crippen LogP contribution in [0.3, 0.4) is 0 Å². The first-order valence-corrected chi connectivity index (χ1v) is 3.99. The quantitative estimate of drug-likeness (QED) is 0.375.